The molecule has 1 unspecified atom stereocenters. The monoisotopic (exact) mass is 455 g/mol. The summed E-state index contributed by atoms with van der Waals surface area (Å²) < 4.78 is 44.4. The van der Waals surface area contributed by atoms with Gasteiger partial charge in [-0.3, -0.25) is 0 Å². The number of benzene rings is 2. The fourth-order valence-corrected chi connectivity index (χ4v) is 5.30. The summed E-state index contributed by atoms with van der Waals surface area (Å²) in [6.45, 7) is 2.02. The lowest BCUT2D eigenvalue weighted by Crippen LogP contribution is -1.97. The first-order valence-electron chi connectivity index (χ1n) is 9.55. The Morgan fingerprint density at radius 1 is 1.00 bits per heavy atom. The van der Waals surface area contributed by atoms with Crippen LogP contribution in [0.25, 0.3) is 21.7 Å². The molecule has 4 rings (SSSR count). The molecule has 0 N–H and O–H groups in total. The summed E-state index contributed by atoms with van der Waals surface area (Å²) in [5.74, 6) is -0.494. The third-order valence-corrected chi connectivity index (χ3v) is 7.51. The fraction of sp³-hybridized carbons (Fsp3) is 0.130. The van der Waals surface area contributed by atoms with Gasteiger partial charge in [0.1, 0.15) is 11.6 Å². The van der Waals surface area contributed by atoms with Crippen molar-refractivity contribution >= 4 is 26.9 Å². The van der Waals surface area contributed by atoms with Crippen molar-refractivity contribution in [3.63, 3.8) is 0 Å². The number of rotatable bonds is 5. The quantitative estimate of drug-likeness (QED) is 0.345. The van der Waals surface area contributed by atoms with Gasteiger partial charge in [-0.2, -0.15) is 4.36 Å². The van der Waals surface area contributed by atoms with Gasteiger partial charge in [0.25, 0.3) is 0 Å². The molecular weight excluding hydrogens is 436 g/mol. The second kappa shape index (κ2) is 8.64. The summed E-state index contributed by atoms with van der Waals surface area (Å²) >= 11 is 1.54. The van der Waals surface area contributed by atoms with E-state index in [4.69, 9.17) is 4.98 Å². The SMILES string of the molecule is CCc1nc(-c2ccc(F)cc2)c(-c2ccnc(N=S(C)(=O)c3cccc(F)c3)c2)s1. The van der Waals surface area contributed by atoms with E-state index in [1.54, 1.807) is 41.8 Å². The zero-order chi connectivity index (χ0) is 22.0. The van der Waals surface area contributed by atoms with Crippen LogP contribution in [-0.2, 0) is 16.1 Å². The second-order valence-electron chi connectivity index (χ2n) is 6.90. The first-order chi connectivity index (χ1) is 14.9. The van der Waals surface area contributed by atoms with E-state index in [2.05, 4.69) is 9.35 Å². The van der Waals surface area contributed by atoms with Gasteiger partial charge in [-0.1, -0.05) is 13.0 Å². The van der Waals surface area contributed by atoms with Gasteiger partial charge in [-0.05, 0) is 66.6 Å². The van der Waals surface area contributed by atoms with Crippen molar-refractivity contribution in [3.05, 3.63) is 83.5 Å². The molecule has 0 fully saturated rings. The second-order valence-corrected chi connectivity index (χ2v) is 10.2. The van der Waals surface area contributed by atoms with E-state index in [0.717, 1.165) is 33.1 Å². The maximum absolute atomic E-state index is 13.6. The van der Waals surface area contributed by atoms with Crippen molar-refractivity contribution in [2.24, 2.45) is 4.36 Å². The predicted octanol–water partition coefficient (Wildman–Crippen LogP) is 6.50. The molecule has 1 atom stereocenters. The van der Waals surface area contributed by atoms with Crippen LogP contribution in [0.3, 0.4) is 0 Å². The molecule has 8 heteroatoms. The van der Waals surface area contributed by atoms with Crippen LogP contribution in [-0.4, -0.2) is 20.4 Å². The number of halogens is 2. The summed E-state index contributed by atoms with van der Waals surface area (Å²) in [6.07, 6.45) is 3.82. The Bertz CT molecular complexity index is 1360. The number of hydrogen-bond donors (Lipinski definition) is 0. The molecule has 158 valence electrons. The normalized spacial score (nSPS) is 13.0. The number of aryl methyl sites for hydroxylation is 1. The van der Waals surface area contributed by atoms with Gasteiger partial charge in [0, 0.05) is 18.0 Å². The molecule has 0 saturated heterocycles. The molecule has 4 nitrogen and oxygen atoms in total. The highest BCUT2D eigenvalue weighted by molar-refractivity contribution is 7.93. The highest BCUT2D eigenvalue weighted by atomic mass is 32.2. The van der Waals surface area contributed by atoms with E-state index >= 15 is 0 Å². The lowest BCUT2D eigenvalue weighted by molar-refractivity contribution is 0.622. The fourth-order valence-electron chi connectivity index (χ4n) is 3.06. The molecular formula is C23H19F2N3OS2. The molecule has 0 aliphatic rings. The summed E-state index contributed by atoms with van der Waals surface area (Å²) in [6, 6.07) is 15.4. The Kier molecular flexibility index (Phi) is 5.93. The van der Waals surface area contributed by atoms with Crippen molar-refractivity contribution in [3.8, 4) is 21.7 Å². The molecule has 4 aromatic rings. The molecule has 0 radical (unpaired) electrons. The largest absolute Gasteiger partial charge is 0.245 e. The van der Waals surface area contributed by atoms with Crippen LogP contribution in [0, 0.1) is 11.6 Å². The lowest BCUT2D eigenvalue weighted by atomic mass is 10.1. The van der Waals surface area contributed by atoms with E-state index in [9.17, 15) is 13.0 Å². The van der Waals surface area contributed by atoms with Gasteiger partial charge >= 0.3 is 0 Å². The van der Waals surface area contributed by atoms with E-state index in [-0.39, 0.29) is 11.6 Å². The summed E-state index contributed by atoms with van der Waals surface area (Å²) in [5, 5.41) is 0.948. The van der Waals surface area contributed by atoms with Crippen LogP contribution in [0.4, 0.5) is 14.6 Å². The minimum Gasteiger partial charge on any atom is -0.245 e. The van der Waals surface area contributed by atoms with Crippen molar-refractivity contribution in [1.29, 1.82) is 0 Å². The molecule has 2 aromatic carbocycles. The summed E-state index contributed by atoms with van der Waals surface area (Å²) in [7, 11) is -2.88. The van der Waals surface area contributed by atoms with E-state index in [1.807, 2.05) is 13.0 Å². The molecule has 0 bridgehead atoms. The Labute approximate surface area is 183 Å². The molecule has 0 saturated carbocycles. The van der Waals surface area contributed by atoms with Crippen LogP contribution in [0.15, 0.2) is 76.1 Å². The Hall–Kier alpha value is -2.97. The first kappa shape index (κ1) is 21.3. The topological polar surface area (TPSA) is 55.2 Å². The molecule has 0 aliphatic carbocycles. The predicted molar refractivity (Wildman–Crippen MR) is 121 cm³/mol. The average Bonchev–Trinajstić information content (AvgIpc) is 3.19. The van der Waals surface area contributed by atoms with Gasteiger partial charge in [-0.15, -0.1) is 11.3 Å². The Morgan fingerprint density at radius 3 is 2.48 bits per heavy atom. The minimum atomic E-state index is -2.88. The van der Waals surface area contributed by atoms with E-state index in [1.165, 1.54) is 36.6 Å². The van der Waals surface area contributed by atoms with Crippen molar-refractivity contribution < 1.29 is 13.0 Å². The Morgan fingerprint density at radius 2 is 1.77 bits per heavy atom. The van der Waals surface area contributed by atoms with Gasteiger partial charge in [0.15, 0.2) is 5.82 Å². The number of nitrogens with zero attached hydrogens (tertiary/aromatic N) is 3. The number of thiazole rings is 1. The van der Waals surface area contributed by atoms with Crippen molar-refractivity contribution in [2.75, 3.05) is 6.26 Å². The molecule has 0 aliphatic heterocycles. The van der Waals surface area contributed by atoms with Crippen molar-refractivity contribution in [2.45, 2.75) is 18.2 Å². The molecule has 2 heterocycles. The van der Waals surface area contributed by atoms with Gasteiger partial charge in [0.05, 0.1) is 30.2 Å². The molecule has 0 amide bonds. The Balaban J connectivity index is 1.80. The third-order valence-electron chi connectivity index (χ3n) is 4.60. The summed E-state index contributed by atoms with van der Waals surface area (Å²) in [5.41, 5.74) is 2.38. The molecule has 2 aromatic heterocycles. The highest BCUT2D eigenvalue weighted by Crippen LogP contribution is 2.38. The van der Waals surface area contributed by atoms with Gasteiger partial charge in [-0.25, -0.2) is 23.0 Å². The van der Waals surface area contributed by atoms with Crippen LogP contribution in [0.5, 0.6) is 0 Å². The van der Waals surface area contributed by atoms with Crippen LogP contribution in [0.2, 0.25) is 0 Å². The number of aromatic nitrogens is 2. The number of pyridine rings is 1. The van der Waals surface area contributed by atoms with Crippen LogP contribution in [0.1, 0.15) is 11.9 Å². The van der Waals surface area contributed by atoms with Gasteiger partial charge < -0.3 is 0 Å². The third kappa shape index (κ3) is 4.70. The van der Waals surface area contributed by atoms with E-state index in [0.29, 0.717) is 4.90 Å². The zero-order valence-electron chi connectivity index (χ0n) is 16.9. The van der Waals surface area contributed by atoms with Crippen LogP contribution >= 0.6 is 11.3 Å². The molecule has 31 heavy (non-hydrogen) atoms. The lowest BCUT2D eigenvalue weighted by Gasteiger charge is -2.06. The standard InChI is InChI=1S/C23H19F2N3OS2/c1-3-21-27-22(15-7-9-17(24)10-8-15)23(30-21)16-11-12-26-20(13-16)28-31(2,29)19-6-4-5-18(25)14-19/h4-14H,3H2,1-2H3. The zero-order valence-corrected chi connectivity index (χ0v) is 18.5. The maximum Gasteiger partial charge on any atom is 0.162 e. The van der Waals surface area contributed by atoms with E-state index < -0.39 is 15.5 Å². The number of hydrogen-bond acceptors (Lipinski definition) is 5. The molecule has 0 spiro atoms. The average molecular weight is 456 g/mol. The van der Waals surface area contributed by atoms with Gasteiger partial charge in [0.2, 0.25) is 0 Å². The van der Waals surface area contributed by atoms with Crippen LogP contribution < -0.4 is 0 Å². The highest BCUT2D eigenvalue weighted by Gasteiger charge is 2.16. The first-order valence-corrected chi connectivity index (χ1v) is 12.3. The minimum absolute atomic E-state index is 0.283. The van der Waals surface area contributed by atoms with Crippen molar-refractivity contribution in [1.82, 2.24) is 9.97 Å². The smallest absolute Gasteiger partial charge is 0.162 e. The summed E-state index contributed by atoms with van der Waals surface area (Å²) in [4.78, 5) is 10.1. The maximum atomic E-state index is 13.6.